The first-order valence-corrected chi connectivity index (χ1v) is 9.01. The van der Waals surface area contributed by atoms with Gasteiger partial charge in [-0.15, -0.1) is 0 Å². The fourth-order valence-electron chi connectivity index (χ4n) is 2.70. The summed E-state index contributed by atoms with van der Waals surface area (Å²) in [5.41, 5.74) is 1.33. The van der Waals surface area contributed by atoms with Crippen molar-refractivity contribution >= 4 is 0 Å². The van der Waals surface area contributed by atoms with Crippen molar-refractivity contribution in [2.24, 2.45) is 7.05 Å². The first-order valence-electron chi connectivity index (χ1n) is 9.01. The molecule has 0 bridgehead atoms. The van der Waals surface area contributed by atoms with Crippen LogP contribution in [0, 0.1) is 0 Å². The predicted molar refractivity (Wildman–Crippen MR) is 91.6 cm³/mol. The normalized spacial score (nSPS) is 11.1. The summed E-state index contributed by atoms with van der Waals surface area (Å²) in [5.74, 6) is 0. The highest BCUT2D eigenvalue weighted by Gasteiger charge is 1.96. The van der Waals surface area contributed by atoms with Gasteiger partial charge in [0.05, 0.1) is 6.20 Å². The van der Waals surface area contributed by atoms with E-state index in [1.807, 2.05) is 17.9 Å². The third-order valence-electron chi connectivity index (χ3n) is 4.06. The van der Waals surface area contributed by atoms with Crippen molar-refractivity contribution < 1.29 is 0 Å². The second-order valence-electron chi connectivity index (χ2n) is 6.20. The Hall–Kier alpha value is -0.830. The molecule has 1 N–H and O–H groups in total. The highest BCUT2D eigenvalue weighted by molar-refractivity contribution is 5.03. The number of aryl methyl sites for hydroxylation is 1. The van der Waals surface area contributed by atoms with Gasteiger partial charge in [0.1, 0.15) is 0 Å². The predicted octanol–water partition coefficient (Wildman–Crippen LogP) is 4.47. The summed E-state index contributed by atoms with van der Waals surface area (Å²) >= 11 is 0. The Morgan fingerprint density at radius 2 is 1.52 bits per heavy atom. The van der Waals surface area contributed by atoms with Gasteiger partial charge in [-0.3, -0.25) is 4.68 Å². The maximum Gasteiger partial charge on any atom is 0.0522 e. The molecule has 1 heterocycles. The lowest BCUT2D eigenvalue weighted by molar-refractivity contribution is 0.544. The summed E-state index contributed by atoms with van der Waals surface area (Å²) in [6, 6.07) is 0. The van der Waals surface area contributed by atoms with Gasteiger partial charge < -0.3 is 5.32 Å². The van der Waals surface area contributed by atoms with Crippen molar-refractivity contribution in [3.05, 3.63) is 18.0 Å². The minimum absolute atomic E-state index is 1.07. The first kappa shape index (κ1) is 18.2. The van der Waals surface area contributed by atoms with Crippen LogP contribution in [-0.2, 0) is 13.5 Å². The monoisotopic (exact) mass is 293 g/mol. The first-order chi connectivity index (χ1) is 10.3. The molecule has 0 atom stereocenters. The van der Waals surface area contributed by atoms with E-state index in [1.165, 1.54) is 69.8 Å². The molecule has 0 unspecified atom stereocenters. The molecule has 0 fully saturated rings. The zero-order valence-electron chi connectivity index (χ0n) is 14.2. The van der Waals surface area contributed by atoms with E-state index in [-0.39, 0.29) is 0 Å². The van der Waals surface area contributed by atoms with Crippen LogP contribution in [0.2, 0.25) is 0 Å². The zero-order chi connectivity index (χ0) is 15.2. The highest BCUT2D eigenvalue weighted by atomic mass is 15.2. The summed E-state index contributed by atoms with van der Waals surface area (Å²) in [7, 11) is 1.97. The van der Waals surface area contributed by atoms with Crippen LogP contribution < -0.4 is 5.32 Å². The molecule has 0 aromatic carbocycles. The Labute approximate surface area is 131 Å². The third-order valence-corrected chi connectivity index (χ3v) is 4.06. The molecule has 0 saturated carbocycles. The summed E-state index contributed by atoms with van der Waals surface area (Å²) in [6.45, 7) is 4.52. The topological polar surface area (TPSA) is 29.9 Å². The van der Waals surface area contributed by atoms with Gasteiger partial charge in [-0.05, 0) is 31.5 Å². The summed E-state index contributed by atoms with van der Waals surface area (Å²) in [5, 5.41) is 7.72. The molecular weight excluding hydrogens is 258 g/mol. The van der Waals surface area contributed by atoms with Gasteiger partial charge in [0.25, 0.3) is 0 Å². The van der Waals surface area contributed by atoms with Crippen molar-refractivity contribution in [2.45, 2.75) is 77.6 Å². The second kappa shape index (κ2) is 12.9. The highest BCUT2D eigenvalue weighted by Crippen LogP contribution is 2.10. The molecule has 21 heavy (non-hydrogen) atoms. The molecular formula is C18H35N3. The van der Waals surface area contributed by atoms with E-state index in [9.17, 15) is 0 Å². The van der Waals surface area contributed by atoms with Gasteiger partial charge in [0, 0.05) is 13.2 Å². The maximum absolute atomic E-state index is 4.19. The summed E-state index contributed by atoms with van der Waals surface area (Å²) in [4.78, 5) is 0. The molecule has 3 nitrogen and oxygen atoms in total. The van der Waals surface area contributed by atoms with Crippen LogP contribution in [0.5, 0.6) is 0 Å². The molecule has 1 rings (SSSR count). The van der Waals surface area contributed by atoms with Gasteiger partial charge in [-0.2, -0.15) is 5.10 Å². The minimum atomic E-state index is 1.07. The smallest absolute Gasteiger partial charge is 0.0522 e. The van der Waals surface area contributed by atoms with E-state index in [0.717, 1.165) is 19.5 Å². The molecule has 0 saturated heterocycles. The number of nitrogens with zero attached hydrogens (tertiary/aromatic N) is 2. The zero-order valence-corrected chi connectivity index (χ0v) is 14.2. The third kappa shape index (κ3) is 10.5. The fourth-order valence-corrected chi connectivity index (χ4v) is 2.70. The average Bonchev–Trinajstić information content (AvgIpc) is 2.89. The standard InChI is InChI=1S/C18H35N3/c1-3-4-5-6-7-8-9-10-11-12-14-19-15-13-18-16-20-21(2)17-18/h16-17,19H,3-15H2,1-2H3. The van der Waals surface area contributed by atoms with Crippen LogP contribution in [-0.4, -0.2) is 22.9 Å². The lowest BCUT2D eigenvalue weighted by Crippen LogP contribution is -2.18. The van der Waals surface area contributed by atoms with Gasteiger partial charge in [-0.1, -0.05) is 64.7 Å². The number of hydrogen-bond donors (Lipinski definition) is 1. The minimum Gasteiger partial charge on any atom is -0.316 e. The molecule has 3 heteroatoms. The second-order valence-corrected chi connectivity index (χ2v) is 6.20. The summed E-state index contributed by atoms with van der Waals surface area (Å²) in [6.07, 6.45) is 19.3. The lowest BCUT2D eigenvalue weighted by Gasteiger charge is -2.04. The SMILES string of the molecule is CCCCCCCCCCCCNCCc1cnn(C)c1. The van der Waals surface area contributed by atoms with Crippen molar-refractivity contribution in [1.82, 2.24) is 15.1 Å². The van der Waals surface area contributed by atoms with Crippen LogP contribution in [0.4, 0.5) is 0 Å². The van der Waals surface area contributed by atoms with E-state index in [2.05, 4.69) is 23.5 Å². The van der Waals surface area contributed by atoms with Crippen LogP contribution >= 0.6 is 0 Å². The van der Waals surface area contributed by atoms with Crippen LogP contribution in [0.25, 0.3) is 0 Å². The Morgan fingerprint density at radius 1 is 0.905 bits per heavy atom. The molecule has 1 aromatic heterocycles. The number of hydrogen-bond acceptors (Lipinski definition) is 2. The lowest BCUT2D eigenvalue weighted by atomic mass is 10.1. The van der Waals surface area contributed by atoms with Crippen molar-refractivity contribution in [1.29, 1.82) is 0 Å². The number of nitrogens with one attached hydrogen (secondary N) is 1. The number of unbranched alkanes of at least 4 members (excludes halogenated alkanes) is 9. The van der Waals surface area contributed by atoms with E-state index >= 15 is 0 Å². The van der Waals surface area contributed by atoms with Crippen LogP contribution in [0.3, 0.4) is 0 Å². The molecule has 0 radical (unpaired) electrons. The van der Waals surface area contributed by atoms with E-state index in [4.69, 9.17) is 0 Å². The number of rotatable bonds is 14. The maximum atomic E-state index is 4.19. The molecule has 0 aliphatic heterocycles. The van der Waals surface area contributed by atoms with Gasteiger partial charge >= 0.3 is 0 Å². The van der Waals surface area contributed by atoms with E-state index < -0.39 is 0 Å². The Bertz CT molecular complexity index is 333. The molecule has 122 valence electrons. The van der Waals surface area contributed by atoms with Crippen LogP contribution in [0.1, 0.15) is 76.7 Å². The van der Waals surface area contributed by atoms with Crippen molar-refractivity contribution in [3.8, 4) is 0 Å². The molecule has 0 amide bonds. The van der Waals surface area contributed by atoms with Crippen molar-refractivity contribution in [2.75, 3.05) is 13.1 Å². The van der Waals surface area contributed by atoms with Gasteiger partial charge in [-0.25, -0.2) is 0 Å². The number of aromatic nitrogens is 2. The Balaban J connectivity index is 1.74. The Kier molecular flexibility index (Phi) is 11.2. The molecule has 0 spiro atoms. The average molecular weight is 293 g/mol. The van der Waals surface area contributed by atoms with Gasteiger partial charge in [0.15, 0.2) is 0 Å². The van der Waals surface area contributed by atoms with E-state index in [0.29, 0.717) is 0 Å². The molecule has 0 aliphatic rings. The largest absolute Gasteiger partial charge is 0.316 e. The Morgan fingerprint density at radius 3 is 2.10 bits per heavy atom. The van der Waals surface area contributed by atoms with Gasteiger partial charge in [0.2, 0.25) is 0 Å². The molecule has 0 aliphatic carbocycles. The molecule has 1 aromatic rings. The fraction of sp³-hybridized carbons (Fsp3) is 0.833. The summed E-state index contributed by atoms with van der Waals surface area (Å²) < 4.78 is 1.87. The quantitative estimate of drug-likeness (QED) is 0.513. The van der Waals surface area contributed by atoms with Crippen molar-refractivity contribution in [3.63, 3.8) is 0 Å². The van der Waals surface area contributed by atoms with E-state index in [1.54, 1.807) is 0 Å². The van der Waals surface area contributed by atoms with Crippen LogP contribution in [0.15, 0.2) is 12.4 Å².